The van der Waals surface area contributed by atoms with Crippen LogP contribution < -0.4 is 10.5 Å². The molecule has 0 bridgehead atoms. The first-order valence-corrected chi connectivity index (χ1v) is 9.91. The molecule has 0 heterocycles. The molecule has 0 aromatic heterocycles. The van der Waals surface area contributed by atoms with E-state index in [0.29, 0.717) is 24.5 Å². The van der Waals surface area contributed by atoms with E-state index >= 15 is 0 Å². The topological polar surface area (TPSA) is 112 Å². The molecule has 0 aliphatic heterocycles. The van der Waals surface area contributed by atoms with Crippen LogP contribution in [0.4, 0.5) is 5.69 Å². The Balaban J connectivity index is 2.20. The summed E-state index contributed by atoms with van der Waals surface area (Å²) in [7, 11) is 1.56. The van der Waals surface area contributed by atoms with Crippen LogP contribution in [0.5, 0.6) is 5.75 Å². The van der Waals surface area contributed by atoms with Gasteiger partial charge in [-0.1, -0.05) is 23.7 Å². The Bertz CT molecular complexity index is 898. The van der Waals surface area contributed by atoms with Crippen molar-refractivity contribution in [2.45, 2.75) is 4.90 Å². The minimum Gasteiger partial charge on any atom is -0.506 e. The highest BCUT2D eigenvalue weighted by atomic mass is 35.5. The Hall–Kier alpha value is -2.48. The second kappa shape index (κ2) is 10.2. The number of ether oxygens (including phenoxy) is 2. The standard InChI is InChI=1S/C20H22ClN3O3S/c1-26-7-8-27-19-11-17(23)14(9-15(19)21)20(24)18(25)10-16(22)12-3-5-13(28-2)6-4-12/h3-6,9-11,22,24-25H,7-8,23H2,1-2H3/b18-10-,22-16?,24-20?. The van der Waals surface area contributed by atoms with Gasteiger partial charge in [-0.2, -0.15) is 0 Å². The van der Waals surface area contributed by atoms with Crippen LogP contribution in [0.25, 0.3) is 0 Å². The molecule has 5 N–H and O–H groups in total. The third kappa shape index (κ3) is 5.51. The molecule has 0 saturated heterocycles. The molecule has 0 aliphatic carbocycles. The molecule has 0 aliphatic rings. The molecular formula is C20H22ClN3O3S. The zero-order chi connectivity index (χ0) is 20.7. The molecule has 2 rings (SSSR count). The SMILES string of the molecule is COCCOc1cc(N)c(C(=N)/C(O)=C/C(=N)c2ccc(SC)cc2)cc1Cl. The predicted molar refractivity (Wildman–Crippen MR) is 116 cm³/mol. The number of halogens is 1. The molecule has 148 valence electrons. The molecule has 6 nitrogen and oxygen atoms in total. The number of nitrogen functional groups attached to an aromatic ring is 1. The molecule has 0 radical (unpaired) electrons. The third-order valence-electron chi connectivity index (χ3n) is 3.86. The average molecular weight is 420 g/mol. The van der Waals surface area contributed by atoms with E-state index in [-0.39, 0.29) is 33.5 Å². The summed E-state index contributed by atoms with van der Waals surface area (Å²) < 4.78 is 10.4. The van der Waals surface area contributed by atoms with Gasteiger partial charge in [-0.25, -0.2) is 0 Å². The summed E-state index contributed by atoms with van der Waals surface area (Å²) >= 11 is 7.80. The second-order valence-electron chi connectivity index (χ2n) is 5.76. The lowest BCUT2D eigenvalue weighted by atomic mass is 10.0. The fourth-order valence-electron chi connectivity index (χ4n) is 2.33. The summed E-state index contributed by atoms with van der Waals surface area (Å²) in [5, 5.41) is 26.9. The molecule has 0 atom stereocenters. The van der Waals surface area contributed by atoms with Crippen molar-refractivity contribution in [1.82, 2.24) is 0 Å². The van der Waals surface area contributed by atoms with Crippen molar-refractivity contribution in [3.05, 3.63) is 64.4 Å². The number of aliphatic hydroxyl groups is 1. The number of nitrogens with one attached hydrogen (secondary N) is 2. The van der Waals surface area contributed by atoms with E-state index in [2.05, 4.69) is 0 Å². The van der Waals surface area contributed by atoms with Gasteiger partial charge in [-0.15, -0.1) is 11.8 Å². The van der Waals surface area contributed by atoms with Gasteiger partial charge in [0.15, 0.2) is 0 Å². The Morgan fingerprint density at radius 2 is 1.89 bits per heavy atom. The van der Waals surface area contributed by atoms with Crippen LogP contribution in [0.1, 0.15) is 11.1 Å². The molecule has 0 spiro atoms. The average Bonchev–Trinajstić information content (AvgIpc) is 2.69. The maximum atomic E-state index is 10.3. The normalized spacial score (nSPS) is 11.3. The van der Waals surface area contributed by atoms with Gasteiger partial charge in [0.2, 0.25) is 0 Å². The zero-order valence-electron chi connectivity index (χ0n) is 15.6. The number of aliphatic hydroxyl groups excluding tert-OH is 1. The van der Waals surface area contributed by atoms with Crippen LogP contribution in [0.2, 0.25) is 5.02 Å². The zero-order valence-corrected chi connectivity index (χ0v) is 17.2. The molecule has 0 amide bonds. The summed E-state index contributed by atoms with van der Waals surface area (Å²) in [6, 6.07) is 10.3. The summed E-state index contributed by atoms with van der Waals surface area (Å²) in [6.45, 7) is 0.710. The van der Waals surface area contributed by atoms with Gasteiger partial charge in [0.25, 0.3) is 0 Å². The highest BCUT2D eigenvalue weighted by Gasteiger charge is 2.15. The van der Waals surface area contributed by atoms with Gasteiger partial charge in [0.05, 0.1) is 17.3 Å². The maximum Gasteiger partial charge on any atom is 0.143 e. The largest absolute Gasteiger partial charge is 0.506 e. The molecule has 2 aromatic carbocycles. The van der Waals surface area contributed by atoms with E-state index < -0.39 is 0 Å². The number of hydrogen-bond donors (Lipinski definition) is 4. The monoisotopic (exact) mass is 419 g/mol. The number of allylic oxidation sites excluding steroid dienone is 2. The number of methoxy groups -OCH3 is 1. The smallest absolute Gasteiger partial charge is 0.143 e. The summed E-state index contributed by atoms with van der Waals surface area (Å²) in [4.78, 5) is 1.08. The van der Waals surface area contributed by atoms with E-state index in [1.165, 1.54) is 18.2 Å². The Morgan fingerprint density at radius 1 is 1.21 bits per heavy atom. The lowest BCUT2D eigenvalue weighted by Crippen LogP contribution is -2.10. The number of rotatable bonds is 9. The van der Waals surface area contributed by atoms with E-state index in [9.17, 15) is 5.11 Å². The molecule has 0 fully saturated rings. The second-order valence-corrected chi connectivity index (χ2v) is 7.04. The summed E-state index contributed by atoms with van der Waals surface area (Å²) in [6.07, 6.45) is 3.18. The number of nitrogens with two attached hydrogens (primary N) is 1. The van der Waals surface area contributed by atoms with Gasteiger partial charge in [-0.05, 0) is 30.0 Å². The molecule has 2 aromatic rings. The minimum absolute atomic E-state index is 0.0825. The summed E-state index contributed by atoms with van der Waals surface area (Å²) in [5.74, 6) is -0.00683. The van der Waals surface area contributed by atoms with Crippen molar-refractivity contribution in [2.24, 2.45) is 0 Å². The Labute approximate surface area is 173 Å². The minimum atomic E-state index is -0.380. The molecule has 0 saturated carbocycles. The lowest BCUT2D eigenvalue weighted by Gasteiger charge is -2.13. The highest BCUT2D eigenvalue weighted by molar-refractivity contribution is 7.98. The van der Waals surface area contributed by atoms with Gasteiger partial charge in [-0.3, -0.25) is 5.41 Å². The first kappa shape index (κ1) is 21.8. The van der Waals surface area contributed by atoms with E-state index in [4.69, 9.17) is 37.6 Å². The predicted octanol–water partition coefficient (Wildman–Crippen LogP) is 4.55. The van der Waals surface area contributed by atoms with Crippen molar-refractivity contribution in [2.75, 3.05) is 32.3 Å². The van der Waals surface area contributed by atoms with Crippen molar-refractivity contribution >= 4 is 40.5 Å². The van der Waals surface area contributed by atoms with Crippen LogP contribution in [0.15, 0.2) is 53.1 Å². The fourth-order valence-corrected chi connectivity index (χ4v) is 2.96. The van der Waals surface area contributed by atoms with Crippen LogP contribution in [0.3, 0.4) is 0 Å². The first-order chi connectivity index (χ1) is 13.4. The van der Waals surface area contributed by atoms with Crippen LogP contribution in [-0.4, -0.2) is 43.1 Å². The van der Waals surface area contributed by atoms with E-state index in [1.54, 1.807) is 31.0 Å². The highest BCUT2D eigenvalue weighted by Crippen LogP contribution is 2.31. The number of hydrogen-bond acceptors (Lipinski definition) is 7. The van der Waals surface area contributed by atoms with Crippen LogP contribution in [0, 0.1) is 10.8 Å². The van der Waals surface area contributed by atoms with Crippen molar-refractivity contribution in [3.63, 3.8) is 0 Å². The van der Waals surface area contributed by atoms with Crippen LogP contribution >= 0.6 is 23.4 Å². The van der Waals surface area contributed by atoms with Crippen LogP contribution in [-0.2, 0) is 4.74 Å². The molecule has 0 unspecified atom stereocenters. The van der Waals surface area contributed by atoms with E-state index in [1.807, 2.05) is 18.4 Å². The Kier molecular flexibility index (Phi) is 7.92. The number of anilines is 1. The van der Waals surface area contributed by atoms with Gasteiger partial charge in [0.1, 0.15) is 23.8 Å². The fraction of sp³-hybridized carbons (Fsp3) is 0.200. The lowest BCUT2D eigenvalue weighted by molar-refractivity contribution is 0.146. The maximum absolute atomic E-state index is 10.3. The molecule has 8 heteroatoms. The molecule has 28 heavy (non-hydrogen) atoms. The van der Waals surface area contributed by atoms with E-state index in [0.717, 1.165) is 4.90 Å². The van der Waals surface area contributed by atoms with Gasteiger partial charge in [0, 0.05) is 35.4 Å². The van der Waals surface area contributed by atoms with Gasteiger partial charge >= 0.3 is 0 Å². The number of benzene rings is 2. The van der Waals surface area contributed by atoms with Crippen molar-refractivity contribution in [1.29, 1.82) is 10.8 Å². The third-order valence-corrected chi connectivity index (χ3v) is 4.90. The van der Waals surface area contributed by atoms with Crippen molar-refractivity contribution < 1.29 is 14.6 Å². The van der Waals surface area contributed by atoms with Gasteiger partial charge < -0.3 is 25.7 Å². The summed E-state index contributed by atoms with van der Waals surface area (Å²) in [5.41, 5.74) is 6.97. The van der Waals surface area contributed by atoms with Crippen molar-refractivity contribution in [3.8, 4) is 5.75 Å². The Morgan fingerprint density at radius 3 is 2.50 bits per heavy atom. The number of thioether (sulfide) groups is 1. The quantitative estimate of drug-likeness (QED) is 0.156. The molecular weight excluding hydrogens is 398 g/mol. The first-order valence-electron chi connectivity index (χ1n) is 8.31.